The molecule has 0 aliphatic carbocycles. The lowest BCUT2D eigenvalue weighted by molar-refractivity contribution is -0.132. The summed E-state index contributed by atoms with van der Waals surface area (Å²) < 4.78 is 0. The summed E-state index contributed by atoms with van der Waals surface area (Å²) in [6.07, 6.45) is 2.84. The molecule has 1 aliphatic heterocycles. The molecule has 1 saturated heterocycles. The van der Waals surface area contributed by atoms with E-state index in [1.165, 1.54) is 5.56 Å². The van der Waals surface area contributed by atoms with Gasteiger partial charge in [-0.3, -0.25) is 14.7 Å². The van der Waals surface area contributed by atoms with E-state index >= 15 is 0 Å². The van der Waals surface area contributed by atoms with Crippen LogP contribution in [0.15, 0.2) is 54.0 Å². The number of carbonyl (C=O) groups excluding carboxylic acids is 1. The Bertz CT molecular complexity index is 1020. The molecule has 1 aliphatic rings. The molecule has 152 valence electrons. The highest BCUT2D eigenvalue weighted by Crippen LogP contribution is 2.16. The van der Waals surface area contributed by atoms with Gasteiger partial charge in [0.2, 0.25) is 5.91 Å². The van der Waals surface area contributed by atoms with E-state index in [2.05, 4.69) is 20.9 Å². The van der Waals surface area contributed by atoms with Crippen LogP contribution in [0.2, 0.25) is 0 Å². The van der Waals surface area contributed by atoms with Gasteiger partial charge in [0.1, 0.15) is 0 Å². The van der Waals surface area contributed by atoms with Gasteiger partial charge < -0.3 is 4.90 Å². The van der Waals surface area contributed by atoms with Crippen LogP contribution in [-0.2, 0) is 24.2 Å². The first-order valence-electron chi connectivity index (χ1n) is 10.0. The average molecular weight is 418 g/mol. The van der Waals surface area contributed by atoms with Gasteiger partial charge in [-0.1, -0.05) is 18.2 Å². The Kier molecular flexibility index (Phi) is 6.47. The van der Waals surface area contributed by atoms with E-state index in [0.29, 0.717) is 18.4 Å². The minimum absolute atomic E-state index is 0.141. The van der Waals surface area contributed by atoms with E-state index in [9.17, 15) is 4.79 Å². The molecule has 0 N–H and O–H groups in total. The molecule has 0 spiro atoms. The van der Waals surface area contributed by atoms with Crippen LogP contribution in [0.4, 0.5) is 0 Å². The normalized spacial score (nSPS) is 14.4. The van der Waals surface area contributed by atoms with Crippen molar-refractivity contribution in [3.05, 3.63) is 81.6 Å². The molecule has 0 atom stereocenters. The monoisotopic (exact) mass is 417 g/mol. The highest BCUT2D eigenvalue weighted by molar-refractivity contribution is 7.09. The molecule has 7 heteroatoms. The molecule has 2 aromatic heterocycles. The molecule has 30 heavy (non-hydrogen) atoms. The minimum Gasteiger partial charge on any atom is -0.340 e. The van der Waals surface area contributed by atoms with E-state index in [1.807, 2.05) is 52.7 Å². The van der Waals surface area contributed by atoms with Crippen LogP contribution in [0.3, 0.4) is 0 Å². The summed E-state index contributed by atoms with van der Waals surface area (Å²) in [7, 11) is 0. The molecule has 0 bridgehead atoms. The lowest BCUT2D eigenvalue weighted by atomic mass is 10.1. The average Bonchev–Trinajstić information content (AvgIpc) is 3.22. The number of hydrogen-bond acceptors (Lipinski definition) is 6. The number of pyridine rings is 1. The molecule has 1 aromatic carbocycles. The van der Waals surface area contributed by atoms with Crippen LogP contribution in [-0.4, -0.2) is 51.9 Å². The number of aromatic nitrogens is 2. The molecule has 4 rings (SSSR count). The number of nitriles is 1. The molecule has 3 heterocycles. The Morgan fingerprint density at radius 3 is 2.57 bits per heavy atom. The first kappa shape index (κ1) is 20.2. The highest BCUT2D eigenvalue weighted by atomic mass is 32.1. The zero-order valence-corrected chi connectivity index (χ0v) is 17.5. The minimum atomic E-state index is 0.141. The quantitative estimate of drug-likeness (QED) is 0.617. The predicted octanol–water partition coefficient (Wildman–Crippen LogP) is 2.89. The number of benzene rings is 1. The number of amides is 1. The van der Waals surface area contributed by atoms with Gasteiger partial charge in [-0.2, -0.15) is 5.26 Å². The van der Waals surface area contributed by atoms with Crippen LogP contribution in [0.1, 0.15) is 27.5 Å². The van der Waals surface area contributed by atoms with Gasteiger partial charge in [-0.25, -0.2) is 4.98 Å². The van der Waals surface area contributed by atoms with Crippen molar-refractivity contribution >= 4 is 17.2 Å². The summed E-state index contributed by atoms with van der Waals surface area (Å²) in [6.45, 7) is 4.03. The van der Waals surface area contributed by atoms with Gasteiger partial charge in [0.15, 0.2) is 0 Å². The maximum Gasteiger partial charge on any atom is 0.228 e. The molecule has 3 aromatic rings. The molecule has 0 saturated carbocycles. The fourth-order valence-electron chi connectivity index (χ4n) is 3.53. The van der Waals surface area contributed by atoms with Crippen molar-refractivity contribution in [2.75, 3.05) is 26.2 Å². The Labute approximate surface area is 180 Å². The molecule has 1 amide bonds. The van der Waals surface area contributed by atoms with Crippen molar-refractivity contribution in [1.82, 2.24) is 19.8 Å². The van der Waals surface area contributed by atoms with Crippen molar-refractivity contribution < 1.29 is 4.79 Å². The molecule has 0 unspecified atom stereocenters. The first-order chi connectivity index (χ1) is 14.7. The van der Waals surface area contributed by atoms with Crippen LogP contribution < -0.4 is 0 Å². The van der Waals surface area contributed by atoms with Crippen LogP contribution in [0.5, 0.6) is 0 Å². The third-order valence-corrected chi connectivity index (χ3v) is 6.10. The third-order valence-electron chi connectivity index (χ3n) is 5.20. The summed E-state index contributed by atoms with van der Waals surface area (Å²) in [4.78, 5) is 25.9. The van der Waals surface area contributed by atoms with Crippen LogP contribution >= 0.6 is 11.3 Å². The predicted molar refractivity (Wildman–Crippen MR) is 116 cm³/mol. The maximum atomic E-state index is 12.7. The molecular weight excluding hydrogens is 394 g/mol. The van der Waals surface area contributed by atoms with Crippen molar-refractivity contribution in [1.29, 1.82) is 5.26 Å². The van der Waals surface area contributed by atoms with Crippen LogP contribution in [0.25, 0.3) is 0 Å². The molecule has 0 radical (unpaired) electrons. The summed E-state index contributed by atoms with van der Waals surface area (Å²) in [6, 6.07) is 15.7. The first-order valence-corrected chi connectivity index (χ1v) is 10.9. The van der Waals surface area contributed by atoms with Crippen LogP contribution in [0, 0.1) is 11.3 Å². The maximum absolute atomic E-state index is 12.7. The second-order valence-electron chi connectivity index (χ2n) is 7.37. The van der Waals surface area contributed by atoms with Crippen molar-refractivity contribution in [2.45, 2.75) is 19.4 Å². The third kappa shape index (κ3) is 5.29. The number of thiazole rings is 1. The van der Waals surface area contributed by atoms with E-state index in [0.717, 1.165) is 49.1 Å². The lowest BCUT2D eigenvalue weighted by Crippen LogP contribution is -2.48. The standard InChI is InChI=1S/C23H23N5OS/c24-15-18-4-6-19(7-5-18)16-27-9-11-28(12-10-27)23(29)14-21-17-30-22(26-21)13-20-3-1-2-8-25-20/h1-8,17H,9-14,16H2. The topological polar surface area (TPSA) is 73.1 Å². The summed E-state index contributed by atoms with van der Waals surface area (Å²) in [5.41, 5.74) is 3.70. The smallest absolute Gasteiger partial charge is 0.228 e. The van der Waals surface area contributed by atoms with Gasteiger partial charge in [0.05, 0.1) is 28.8 Å². The number of rotatable bonds is 6. The van der Waals surface area contributed by atoms with E-state index in [4.69, 9.17) is 5.26 Å². The number of piperazine rings is 1. The second kappa shape index (κ2) is 9.61. The molecule has 6 nitrogen and oxygen atoms in total. The van der Waals surface area contributed by atoms with E-state index in [1.54, 1.807) is 17.5 Å². The van der Waals surface area contributed by atoms with Crippen molar-refractivity contribution in [3.8, 4) is 6.07 Å². The van der Waals surface area contributed by atoms with Gasteiger partial charge in [-0.15, -0.1) is 11.3 Å². The van der Waals surface area contributed by atoms with E-state index < -0.39 is 0 Å². The fraction of sp³-hybridized carbons (Fsp3) is 0.304. The molecular formula is C23H23N5OS. The van der Waals surface area contributed by atoms with E-state index in [-0.39, 0.29) is 5.91 Å². The summed E-state index contributed by atoms with van der Waals surface area (Å²) in [5.74, 6) is 0.141. The lowest BCUT2D eigenvalue weighted by Gasteiger charge is -2.34. The number of carbonyl (C=O) groups is 1. The molecule has 1 fully saturated rings. The number of nitrogens with zero attached hydrogens (tertiary/aromatic N) is 5. The summed E-state index contributed by atoms with van der Waals surface area (Å²) >= 11 is 1.59. The largest absolute Gasteiger partial charge is 0.340 e. The Morgan fingerprint density at radius 2 is 1.87 bits per heavy atom. The van der Waals surface area contributed by atoms with Gasteiger partial charge in [0.25, 0.3) is 0 Å². The Balaban J connectivity index is 1.25. The second-order valence-corrected chi connectivity index (χ2v) is 8.32. The SMILES string of the molecule is N#Cc1ccc(CN2CCN(C(=O)Cc3csc(Cc4ccccn4)n3)CC2)cc1. The van der Waals surface area contributed by atoms with Gasteiger partial charge >= 0.3 is 0 Å². The van der Waals surface area contributed by atoms with Crippen molar-refractivity contribution in [2.24, 2.45) is 0 Å². The fourth-order valence-corrected chi connectivity index (χ4v) is 4.34. The Morgan fingerprint density at radius 1 is 1.07 bits per heavy atom. The van der Waals surface area contributed by atoms with Crippen molar-refractivity contribution in [3.63, 3.8) is 0 Å². The zero-order valence-electron chi connectivity index (χ0n) is 16.7. The van der Waals surface area contributed by atoms with Gasteiger partial charge in [0, 0.05) is 56.4 Å². The highest BCUT2D eigenvalue weighted by Gasteiger charge is 2.22. The zero-order chi connectivity index (χ0) is 20.8. The summed E-state index contributed by atoms with van der Waals surface area (Å²) in [5, 5.41) is 11.9. The Hall–Kier alpha value is -3.08. The number of hydrogen-bond donors (Lipinski definition) is 0. The van der Waals surface area contributed by atoms with Gasteiger partial charge in [-0.05, 0) is 29.8 Å².